The van der Waals surface area contributed by atoms with Crippen molar-refractivity contribution in [2.24, 2.45) is 5.92 Å². The Bertz CT molecular complexity index is 872. The number of aliphatic hydroxyl groups is 1. The number of halogens is 1. The molecular weight excluding hydrogens is 388 g/mol. The number of nitrogens with zero attached hydrogens (tertiary/aromatic N) is 2. The van der Waals surface area contributed by atoms with Crippen LogP contribution in [0.25, 0.3) is 11.1 Å². The molecule has 0 aliphatic carbocycles. The van der Waals surface area contributed by atoms with Crippen molar-refractivity contribution >= 4 is 29.1 Å². The van der Waals surface area contributed by atoms with Crippen molar-refractivity contribution in [3.05, 3.63) is 41.0 Å². The van der Waals surface area contributed by atoms with Gasteiger partial charge in [0.2, 0.25) is 0 Å². The third-order valence-electron chi connectivity index (χ3n) is 5.32. The molecule has 3 rings (SSSR count). The summed E-state index contributed by atoms with van der Waals surface area (Å²) < 4.78 is 0. The maximum atomic E-state index is 12.6. The molecule has 1 aliphatic rings. The normalized spacial score (nSPS) is 17.3. The summed E-state index contributed by atoms with van der Waals surface area (Å²) in [4.78, 5) is 18.8. The number of urea groups is 1. The Morgan fingerprint density at radius 2 is 2.17 bits per heavy atom. The molecule has 0 spiro atoms. The van der Waals surface area contributed by atoms with E-state index in [2.05, 4.69) is 22.5 Å². The lowest BCUT2D eigenvalue weighted by Gasteiger charge is -2.18. The summed E-state index contributed by atoms with van der Waals surface area (Å²) in [5, 5.41) is 16.0. The van der Waals surface area contributed by atoms with Gasteiger partial charge in [-0.3, -0.25) is 0 Å². The highest BCUT2D eigenvalue weighted by Gasteiger charge is 2.25. The maximum absolute atomic E-state index is 12.6. The van der Waals surface area contributed by atoms with Crippen molar-refractivity contribution < 1.29 is 9.90 Å². The quantitative estimate of drug-likeness (QED) is 0.593. The Hall–Kier alpha value is -2.31. The van der Waals surface area contributed by atoms with Crippen molar-refractivity contribution in [2.75, 3.05) is 30.3 Å². The monoisotopic (exact) mass is 416 g/mol. The summed E-state index contributed by atoms with van der Waals surface area (Å²) in [5.41, 5.74) is 3.69. The van der Waals surface area contributed by atoms with Crippen LogP contribution in [-0.4, -0.2) is 46.8 Å². The Kier molecular flexibility index (Phi) is 6.98. The first kappa shape index (κ1) is 21.4. The van der Waals surface area contributed by atoms with E-state index in [0.29, 0.717) is 23.4 Å². The van der Waals surface area contributed by atoms with Crippen LogP contribution in [0.4, 0.5) is 16.3 Å². The summed E-state index contributed by atoms with van der Waals surface area (Å²) in [6.45, 7) is 7.90. The lowest BCUT2D eigenvalue weighted by Crippen LogP contribution is -2.32. The molecule has 2 atom stereocenters. The first-order chi connectivity index (χ1) is 13.9. The number of carbonyl (C=O) groups is 1. The second kappa shape index (κ2) is 9.46. The zero-order valence-corrected chi connectivity index (χ0v) is 18.0. The number of hydrogen-bond acceptors (Lipinski definition) is 4. The van der Waals surface area contributed by atoms with E-state index < -0.39 is 6.10 Å². The van der Waals surface area contributed by atoms with Crippen LogP contribution in [0.5, 0.6) is 0 Å². The van der Waals surface area contributed by atoms with Gasteiger partial charge >= 0.3 is 6.03 Å². The van der Waals surface area contributed by atoms with E-state index in [1.807, 2.05) is 36.1 Å². The smallest absolute Gasteiger partial charge is 0.321 e. The predicted octanol–water partition coefficient (Wildman–Crippen LogP) is 4.77. The van der Waals surface area contributed by atoms with Crippen LogP contribution >= 0.6 is 11.6 Å². The van der Waals surface area contributed by atoms with Gasteiger partial charge in [-0.05, 0) is 67.1 Å². The number of anilines is 2. The summed E-state index contributed by atoms with van der Waals surface area (Å²) in [6, 6.07) is 9.51. The lowest BCUT2D eigenvalue weighted by atomic mass is 10.0. The van der Waals surface area contributed by atoms with Gasteiger partial charge in [0.05, 0.1) is 6.10 Å². The Balaban J connectivity index is 1.79. The molecule has 29 heavy (non-hydrogen) atoms. The number of nitrogens with one attached hydrogen (secondary N) is 2. The molecule has 7 heteroatoms. The number of pyridine rings is 1. The summed E-state index contributed by atoms with van der Waals surface area (Å²) >= 11 is 6.22. The number of aliphatic hydroxyl groups excluding tert-OH is 1. The van der Waals surface area contributed by atoms with Crippen molar-refractivity contribution in [3.63, 3.8) is 0 Å². The molecule has 3 N–H and O–H groups in total. The fraction of sp³-hybridized carbons (Fsp3) is 0.455. The number of likely N-dealkylation sites (tertiary alicyclic amines) is 1. The maximum Gasteiger partial charge on any atom is 0.321 e. The fourth-order valence-corrected chi connectivity index (χ4v) is 3.77. The minimum Gasteiger partial charge on any atom is -0.392 e. The Morgan fingerprint density at radius 3 is 2.86 bits per heavy atom. The molecule has 0 saturated carbocycles. The van der Waals surface area contributed by atoms with E-state index in [0.717, 1.165) is 48.3 Å². The molecular formula is C22H29ClN4O2. The lowest BCUT2D eigenvalue weighted by molar-refractivity contribution is 0.208. The van der Waals surface area contributed by atoms with E-state index >= 15 is 0 Å². The van der Waals surface area contributed by atoms with Crippen molar-refractivity contribution in [1.82, 2.24) is 9.88 Å². The highest BCUT2D eigenvalue weighted by molar-refractivity contribution is 6.29. The topological polar surface area (TPSA) is 77.5 Å². The highest BCUT2D eigenvalue weighted by atomic mass is 35.5. The Labute approximate surface area is 177 Å². The first-order valence-corrected chi connectivity index (χ1v) is 10.5. The van der Waals surface area contributed by atoms with Gasteiger partial charge in [-0.2, -0.15) is 0 Å². The van der Waals surface area contributed by atoms with Crippen molar-refractivity contribution in [1.29, 1.82) is 0 Å². The molecule has 1 aromatic heterocycles. The third-order valence-corrected chi connectivity index (χ3v) is 5.52. The van der Waals surface area contributed by atoms with Crippen LogP contribution in [-0.2, 0) is 0 Å². The second-order valence-electron chi connectivity index (χ2n) is 7.76. The highest BCUT2D eigenvalue weighted by Crippen LogP contribution is 2.30. The largest absolute Gasteiger partial charge is 0.392 e. The standard InChI is InChI=1S/C22H29ClN4O2/c1-4-16-7-8-27(13-16)22(29)25-18-6-5-14(2)19(11-18)17-9-20(23)26-21(10-17)24-12-15(3)28/h5-6,9-11,15-16,28H,4,7-8,12-13H2,1-3H3,(H,24,26)(H,25,29)/t15-,16-/m1/s1. The van der Waals surface area contributed by atoms with Gasteiger partial charge in [0.25, 0.3) is 0 Å². The molecule has 1 aliphatic heterocycles. The predicted molar refractivity (Wildman–Crippen MR) is 119 cm³/mol. The number of aryl methyl sites for hydroxylation is 1. The molecule has 2 aromatic rings. The third kappa shape index (κ3) is 5.61. The number of rotatable bonds is 6. The summed E-state index contributed by atoms with van der Waals surface area (Å²) in [6.07, 6.45) is 1.69. The molecule has 6 nitrogen and oxygen atoms in total. The fourth-order valence-electron chi connectivity index (χ4n) is 3.56. The molecule has 0 radical (unpaired) electrons. The van der Waals surface area contributed by atoms with Gasteiger partial charge < -0.3 is 20.6 Å². The molecule has 0 bridgehead atoms. The van der Waals surface area contributed by atoms with E-state index in [9.17, 15) is 9.90 Å². The molecule has 156 valence electrons. The molecule has 1 aromatic carbocycles. The van der Waals surface area contributed by atoms with E-state index in [1.54, 1.807) is 13.0 Å². The van der Waals surface area contributed by atoms with Crippen LogP contribution in [0.2, 0.25) is 5.15 Å². The SMILES string of the molecule is CC[C@@H]1CCN(C(=O)Nc2ccc(C)c(-c3cc(Cl)nc(NC[C@@H](C)O)c3)c2)C1. The second-order valence-corrected chi connectivity index (χ2v) is 8.15. The minimum atomic E-state index is -0.489. The van der Waals surface area contributed by atoms with Crippen LogP contribution in [0, 0.1) is 12.8 Å². The number of amides is 2. The summed E-state index contributed by atoms with van der Waals surface area (Å²) in [7, 11) is 0. The minimum absolute atomic E-state index is 0.0530. The number of benzene rings is 1. The molecule has 1 fully saturated rings. The number of hydrogen-bond donors (Lipinski definition) is 3. The number of carbonyl (C=O) groups excluding carboxylic acids is 1. The van der Waals surface area contributed by atoms with E-state index in [-0.39, 0.29) is 6.03 Å². The molecule has 1 saturated heterocycles. The van der Waals surface area contributed by atoms with Gasteiger partial charge in [-0.15, -0.1) is 0 Å². The average molecular weight is 417 g/mol. The van der Waals surface area contributed by atoms with E-state index in [1.165, 1.54) is 0 Å². The number of aromatic nitrogens is 1. The van der Waals surface area contributed by atoms with Gasteiger partial charge in [-0.25, -0.2) is 9.78 Å². The van der Waals surface area contributed by atoms with Crippen LogP contribution in [0.3, 0.4) is 0 Å². The zero-order chi connectivity index (χ0) is 21.0. The van der Waals surface area contributed by atoms with E-state index in [4.69, 9.17) is 11.6 Å². The van der Waals surface area contributed by atoms with Gasteiger partial charge in [0, 0.05) is 25.3 Å². The van der Waals surface area contributed by atoms with Crippen molar-refractivity contribution in [3.8, 4) is 11.1 Å². The van der Waals surface area contributed by atoms with Crippen molar-refractivity contribution in [2.45, 2.75) is 39.7 Å². The van der Waals surface area contributed by atoms with Gasteiger partial charge in [0.15, 0.2) is 0 Å². The first-order valence-electron chi connectivity index (χ1n) is 10.1. The Morgan fingerprint density at radius 1 is 1.38 bits per heavy atom. The summed E-state index contributed by atoms with van der Waals surface area (Å²) in [5.74, 6) is 1.20. The molecule has 0 unspecified atom stereocenters. The van der Waals surface area contributed by atoms with Crippen LogP contribution < -0.4 is 10.6 Å². The van der Waals surface area contributed by atoms with Crippen LogP contribution in [0.15, 0.2) is 30.3 Å². The zero-order valence-electron chi connectivity index (χ0n) is 17.2. The average Bonchev–Trinajstić information content (AvgIpc) is 3.17. The molecule has 2 amide bonds. The molecule has 2 heterocycles. The van der Waals surface area contributed by atoms with Gasteiger partial charge in [0.1, 0.15) is 11.0 Å². The van der Waals surface area contributed by atoms with Gasteiger partial charge in [-0.1, -0.05) is 31.0 Å². The van der Waals surface area contributed by atoms with Crippen LogP contribution in [0.1, 0.15) is 32.3 Å².